The zero-order valence-electron chi connectivity index (χ0n) is 22.0. The highest BCUT2D eigenvalue weighted by Crippen LogP contribution is 2.37. The lowest BCUT2D eigenvalue weighted by atomic mass is 9.95. The number of rotatable bonds is 8. The van der Waals surface area contributed by atoms with Crippen molar-refractivity contribution in [1.82, 2.24) is 9.47 Å². The van der Waals surface area contributed by atoms with Crippen molar-refractivity contribution in [3.63, 3.8) is 0 Å². The first-order chi connectivity index (χ1) is 17.8. The van der Waals surface area contributed by atoms with Gasteiger partial charge >= 0.3 is 5.97 Å². The number of fused-ring (bicyclic) bond motifs is 1. The minimum atomic E-state index is -0.154. The molecule has 0 spiro atoms. The molecule has 0 atom stereocenters. The molecule has 2 aromatic rings. The fourth-order valence-electron chi connectivity index (χ4n) is 5.01. The summed E-state index contributed by atoms with van der Waals surface area (Å²) in [5, 5.41) is 0.958. The predicted molar refractivity (Wildman–Crippen MR) is 155 cm³/mol. The summed E-state index contributed by atoms with van der Waals surface area (Å²) >= 11 is 6.79. The van der Waals surface area contributed by atoms with Crippen molar-refractivity contribution in [2.45, 2.75) is 53.5 Å². The Balaban J connectivity index is 1.78. The average Bonchev–Trinajstić information content (AvgIpc) is 3.15. The molecule has 198 valence electrons. The molecule has 2 saturated heterocycles. The molecule has 1 aromatic carbocycles. The van der Waals surface area contributed by atoms with E-state index in [-0.39, 0.29) is 23.4 Å². The monoisotopic (exact) mass is 541 g/mol. The van der Waals surface area contributed by atoms with Crippen molar-refractivity contribution >= 4 is 62.8 Å². The number of aryl methyl sites for hydroxylation is 1. The SMILES string of the molecule is CCOC(=O)C1CCN(c2c(C=C3SC(=S)N(CCC(C)C)C3=O)c(=O)n(CC)c3ccccc23)CC1. The number of esters is 1. The summed E-state index contributed by atoms with van der Waals surface area (Å²) in [5.41, 5.74) is 2.05. The van der Waals surface area contributed by atoms with Gasteiger partial charge in [0, 0.05) is 31.6 Å². The number of nitrogens with zero attached hydrogens (tertiary/aromatic N) is 3. The molecule has 0 radical (unpaired) electrons. The Kier molecular flexibility index (Phi) is 8.75. The Labute approximate surface area is 227 Å². The summed E-state index contributed by atoms with van der Waals surface area (Å²) in [6, 6.07) is 7.89. The zero-order chi connectivity index (χ0) is 26.7. The smallest absolute Gasteiger partial charge is 0.309 e. The molecule has 2 fully saturated rings. The van der Waals surface area contributed by atoms with E-state index in [0.717, 1.165) is 23.0 Å². The second kappa shape index (κ2) is 11.8. The van der Waals surface area contributed by atoms with E-state index >= 15 is 0 Å². The summed E-state index contributed by atoms with van der Waals surface area (Å²) in [7, 11) is 0. The average molecular weight is 542 g/mol. The van der Waals surface area contributed by atoms with Gasteiger partial charge in [-0.15, -0.1) is 0 Å². The number of thiocarbonyl (C=S) groups is 1. The molecule has 0 saturated carbocycles. The summed E-state index contributed by atoms with van der Waals surface area (Å²) in [4.78, 5) is 43.8. The lowest BCUT2D eigenvalue weighted by Gasteiger charge is -2.34. The molecule has 1 amide bonds. The van der Waals surface area contributed by atoms with Gasteiger partial charge in [0.25, 0.3) is 11.5 Å². The molecule has 1 aromatic heterocycles. The number of benzene rings is 1. The maximum absolute atomic E-state index is 13.9. The highest BCUT2D eigenvalue weighted by molar-refractivity contribution is 8.26. The zero-order valence-corrected chi connectivity index (χ0v) is 23.6. The largest absolute Gasteiger partial charge is 0.466 e. The number of hydrogen-bond acceptors (Lipinski definition) is 7. The fraction of sp³-hybridized carbons (Fsp3) is 0.500. The van der Waals surface area contributed by atoms with Gasteiger partial charge < -0.3 is 14.2 Å². The van der Waals surface area contributed by atoms with E-state index in [1.807, 2.05) is 38.1 Å². The van der Waals surface area contributed by atoms with Crippen LogP contribution in [0.15, 0.2) is 34.0 Å². The Morgan fingerprint density at radius 1 is 1.19 bits per heavy atom. The molecule has 0 unspecified atom stereocenters. The van der Waals surface area contributed by atoms with E-state index < -0.39 is 0 Å². The number of hydrogen-bond donors (Lipinski definition) is 0. The van der Waals surface area contributed by atoms with Crippen molar-refractivity contribution in [2.24, 2.45) is 11.8 Å². The van der Waals surface area contributed by atoms with Crippen molar-refractivity contribution in [1.29, 1.82) is 0 Å². The van der Waals surface area contributed by atoms with Crippen LogP contribution in [0, 0.1) is 11.8 Å². The summed E-state index contributed by atoms with van der Waals surface area (Å²) in [6.07, 6.45) is 3.91. The summed E-state index contributed by atoms with van der Waals surface area (Å²) < 4.78 is 7.54. The van der Waals surface area contributed by atoms with Crippen LogP contribution in [-0.2, 0) is 20.9 Å². The number of anilines is 1. The van der Waals surface area contributed by atoms with Crippen LogP contribution in [0.1, 0.15) is 52.5 Å². The number of carbonyl (C=O) groups excluding carboxylic acids is 2. The summed E-state index contributed by atoms with van der Waals surface area (Å²) in [6.45, 7) is 10.7. The molecule has 2 aliphatic heterocycles. The number of thioether (sulfide) groups is 1. The maximum Gasteiger partial charge on any atom is 0.309 e. The molecule has 3 heterocycles. The Bertz CT molecular complexity index is 1290. The quantitative estimate of drug-likeness (QED) is 0.263. The van der Waals surface area contributed by atoms with Gasteiger partial charge in [-0.2, -0.15) is 0 Å². The van der Waals surface area contributed by atoms with E-state index in [1.54, 1.807) is 15.5 Å². The number of ether oxygens (including phenoxy) is 1. The Hall–Kier alpha value is -2.65. The lowest BCUT2D eigenvalue weighted by molar-refractivity contribution is -0.148. The van der Waals surface area contributed by atoms with Gasteiger partial charge in [0.15, 0.2) is 0 Å². The van der Waals surface area contributed by atoms with E-state index in [4.69, 9.17) is 17.0 Å². The van der Waals surface area contributed by atoms with E-state index in [0.29, 0.717) is 66.3 Å². The van der Waals surface area contributed by atoms with Crippen molar-refractivity contribution in [2.75, 3.05) is 31.1 Å². The number of carbonyl (C=O) groups is 2. The molecule has 2 aliphatic rings. The second-order valence-electron chi connectivity index (χ2n) is 9.86. The first-order valence-electron chi connectivity index (χ1n) is 13.1. The molecule has 9 heteroatoms. The van der Waals surface area contributed by atoms with Gasteiger partial charge in [-0.1, -0.05) is 56.0 Å². The van der Waals surface area contributed by atoms with Crippen LogP contribution in [0.5, 0.6) is 0 Å². The van der Waals surface area contributed by atoms with E-state index in [1.165, 1.54) is 11.8 Å². The lowest BCUT2D eigenvalue weighted by Crippen LogP contribution is -2.39. The number of amides is 1. The minimum absolute atomic E-state index is 0.129. The third-order valence-corrected chi connectivity index (χ3v) is 8.38. The van der Waals surface area contributed by atoms with Crippen LogP contribution in [0.2, 0.25) is 0 Å². The standard InChI is InChI=1S/C28H35N3O4S2/c1-5-30-22-10-8-7-9-20(22)24(29-14-12-19(13-15-29)27(34)35-6-2)21(25(30)32)17-23-26(33)31(28(36)37-23)16-11-18(3)4/h7-10,17-19H,5-6,11-16H2,1-4H3. The van der Waals surface area contributed by atoms with Gasteiger partial charge in [-0.3, -0.25) is 19.3 Å². The second-order valence-corrected chi connectivity index (χ2v) is 11.5. The van der Waals surface area contributed by atoms with E-state index in [9.17, 15) is 14.4 Å². The first-order valence-corrected chi connectivity index (χ1v) is 14.3. The first kappa shape index (κ1) is 27.4. The highest BCUT2D eigenvalue weighted by Gasteiger charge is 2.34. The van der Waals surface area contributed by atoms with Gasteiger partial charge in [0.1, 0.15) is 4.32 Å². The van der Waals surface area contributed by atoms with E-state index in [2.05, 4.69) is 18.7 Å². The van der Waals surface area contributed by atoms with Gasteiger partial charge in [0.2, 0.25) is 0 Å². The molecule has 37 heavy (non-hydrogen) atoms. The van der Waals surface area contributed by atoms with Crippen LogP contribution >= 0.6 is 24.0 Å². The van der Waals surface area contributed by atoms with Gasteiger partial charge in [-0.25, -0.2) is 0 Å². The fourth-order valence-corrected chi connectivity index (χ4v) is 6.30. The Morgan fingerprint density at radius 3 is 2.54 bits per heavy atom. The van der Waals surface area contributed by atoms with Crippen LogP contribution in [0.4, 0.5) is 5.69 Å². The molecule has 0 aliphatic carbocycles. The van der Waals surface area contributed by atoms with Crippen LogP contribution in [0.25, 0.3) is 17.0 Å². The Morgan fingerprint density at radius 2 is 1.89 bits per heavy atom. The normalized spacial score (nSPS) is 18.0. The third kappa shape index (κ3) is 5.62. The van der Waals surface area contributed by atoms with Crippen molar-refractivity contribution < 1.29 is 14.3 Å². The topological polar surface area (TPSA) is 71.8 Å². The predicted octanol–water partition coefficient (Wildman–Crippen LogP) is 5.05. The van der Waals surface area contributed by atoms with Crippen LogP contribution in [-0.4, -0.2) is 51.9 Å². The highest BCUT2D eigenvalue weighted by atomic mass is 32.2. The molecule has 4 rings (SSSR count). The van der Waals surface area contributed by atoms with Crippen molar-refractivity contribution in [3.05, 3.63) is 45.1 Å². The van der Waals surface area contributed by atoms with Crippen LogP contribution in [0.3, 0.4) is 0 Å². The van der Waals surface area contributed by atoms with Gasteiger partial charge in [0.05, 0.1) is 34.2 Å². The molecular formula is C28H35N3O4S2. The summed E-state index contributed by atoms with van der Waals surface area (Å²) in [5.74, 6) is 0.0195. The molecule has 7 nitrogen and oxygen atoms in total. The molecule has 0 N–H and O–H groups in total. The number of para-hydroxylation sites is 1. The maximum atomic E-state index is 13.9. The molecular weight excluding hydrogens is 506 g/mol. The van der Waals surface area contributed by atoms with Gasteiger partial charge in [-0.05, 0) is 51.2 Å². The number of aromatic nitrogens is 1. The van der Waals surface area contributed by atoms with Crippen LogP contribution < -0.4 is 10.5 Å². The number of pyridine rings is 1. The third-order valence-electron chi connectivity index (χ3n) is 7.01. The molecule has 0 bridgehead atoms. The number of piperidine rings is 1. The van der Waals surface area contributed by atoms with Crippen molar-refractivity contribution in [3.8, 4) is 0 Å². The minimum Gasteiger partial charge on any atom is -0.466 e.